The van der Waals surface area contributed by atoms with Crippen LogP contribution < -0.4 is 10.6 Å². The number of pyridine rings is 1. The van der Waals surface area contributed by atoms with E-state index in [2.05, 4.69) is 10.1 Å². The summed E-state index contributed by atoms with van der Waals surface area (Å²) in [5, 5.41) is 4.89. The highest BCUT2D eigenvalue weighted by molar-refractivity contribution is 5.90. The quantitative estimate of drug-likeness (QED) is 0.809. The lowest BCUT2D eigenvalue weighted by Crippen LogP contribution is -2.25. The molecule has 0 fully saturated rings. The lowest BCUT2D eigenvalue weighted by molar-refractivity contribution is 0.450. The fourth-order valence-corrected chi connectivity index (χ4v) is 1.60. The minimum atomic E-state index is 0.596. The number of aryl methyl sites for hydroxylation is 1. The topological polar surface area (TPSA) is 68.2 Å². The fourth-order valence-electron chi connectivity index (χ4n) is 1.60. The molecule has 5 nitrogen and oxygen atoms in total. The number of rotatable bonds is 3. The van der Waals surface area contributed by atoms with Gasteiger partial charge in [-0.1, -0.05) is 5.16 Å². The molecule has 2 rings (SSSR count). The summed E-state index contributed by atoms with van der Waals surface area (Å²) in [5.41, 5.74) is 7.14. The first-order valence-corrected chi connectivity index (χ1v) is 4.86. The fraction of sp³-hybridized carbons (Fsp3) is 0.400. The van der Waals surface area contributed by atoms with Gasteiger partial charge in [-0.25, -0.2) is 4.98 Å². The third-order valence-corrected chi connectivity index (χ3v) is 2.36. The molecule has 0 aliphatic heterocycles. The summed E-state index contributed by atoms with van der Waals surface area (Å²) in [4.78, 5) is 6.34. The van der Waals surface area contributed by atoms with Crippen molar-refractivity contribution in [1.29, 1.82) is 0 Å². The number of likely N-dealkylation sites (N-methyl/N-ethyl adjacent to an activating group) is 1. The van der Waals surface area contributed by atoms with E-state index in [-0.39, 0.29) is 0 Å². The molecule has 80 valence electrons. The van der Waals surface area contributed by atoms with E-state index in [1.54, 1.807) is 6.20 Å². The van der Waals surface area contributed by atoms with Crippen LogP contribution in [-0.2, 0) is 0 Å². The normalized spacial score (nSPS) is 10.9. The van der Waals surface area contributed by atoms with Crippen LogP contribution in [-0.4, -0.2) is 30.3 Å². The zero-order chi connectivity index (χ0) is 10.8. The first-order valence-electron chi connectivity index (χ1n) is 4.86. The largest absolute Gasteiger partial charge is 0.358 e. The maximum Gasteiger partial charge on any atom is 0.172 e. The number of anilines is 1. The number of hydrogen-bond acceptors (Lipinski definition) is 5. The second-order valence-electron chi connectivity index (χ2n) is 3.49. The summed E-state index contributed by atoms with van der Waals surface area (Å²) in [6.45, 7) is 3.27. The molecule has 0 saturated carbocycles. The van der Waals surface area contributed by atoms with Crippen molar-refractivity contribution in [1.82, 2.24) is 10.1 Å². The number of aromatic nitrogens is 2. The van der Waals surface area contributed by atoms with Crippen LogP contribution in [0.1, 0.15) is 5.69 Å². The Bertz CT molecular complexity index is 465. The summed E-state index contributed by atoms with van der Waals surface area (Å²) in [6, 6.07) is 1.81. The molecule has 0 saturated heterocycles. The van der Waals surface area contributed by atoms with Gasteiger partial charge in [0.05, 0.1) is 11.1 Å². The summed E-state index contributed by atoms with van der Waals surface area (Å²) < 4.78 is 5.17. The van der Waals surface area contributed by atoms with Gasteiger partial charge in [0.1, 0.15) is 5.82 Å². The van der Waals surface area contributed by atoms with Crippen LogP contribution in [0.3, 0.4) is 0 Å². The average molecular weight is 206 g/mol. The van der Waals surface area contributed by atoms with Crippen LogP contribution in [0.2, 0.25) is 0 Å². The molecule has 2 N–H and O–H groups in total. The Balaban J connectivity index is 2.54. The summed E-state index contributed by atoms with van der Waals surface area (Å²) in [6.07, 6.45) is 1.72. The van der Waals surface area contributed by atoms with E-state index in [0.29, 0.717) is 6.54 Å². The highest BCUT2D eigenvalue weighted by Crippen LogP contribution is 2.26. The van der Waals surface area contributed by atoms with Crippen LogP contribution in [0.5, 0.6) is 0 Å². The number of nitrogens with zero attached hydrogens (tertiary/aromatic N) is 3. The molecule has 0 unspecified atom stereocenters. The standard InChI is InChI=1S/C10H14N4O/c1-7-9-8(15-13-7)3-5-12-10(9)14(2)6-4-11/h3,5H,4,6,11H2,1-2H3. The van der Waals surface area contributed by atoms with E-state index in [9.17, 15) is 0 Å². The zero-order valence-corrected chi connectivity index (χ0v) is 8.90. The van der Waals surface area contributed by atoms with E-state index in [1.165, 1.54) is 0 Å². The Morgan fingerprint density at radius 2 is 2.33 bits per heavy atom. The van der Waals surface area contributed by atoms with Gasteiger partial charge in [-0.2, -0.15) is 0 Å². The lowest BCUT2D eigenvalue weighted by Gasteiger charge is -2.17. The lowest BCUT2D eigenvalue weighted by atomic mass is 10.2. The molecule has 0 aliphatic carbocycles. The molecule has 0 aromatic carbocycles. The number of fused-ring (bicyclic) bond motifs is 1. The molecule has 0 bridgehead atoms. The van der Waals surface area contributed by atoms with Gasteiger partial charge >= 0.3 is 0 Å². The SMILES string of the molecule is Cc1noc2ccnc(N(C)CCN)c12. The molecular formula is C10H14N4O. The molecule has 2 aromatic rings. The molecule has 15 heavy (non-hydrogen) atoms. The maximum atomic E-state index is 5.52. The van der Waals surface area contributed by atoms with Crippen molar-refractivity contribution in [3.8, 4) is 0 Å². The molecule has 0 atom stereocenters. The molecule has 0 radical (unpaired) electrons. The first-order chi connectivity index (χ1) is 7.24. The Hall–Kier alpha value is -1.62. The summed E-state index contributed by atoms with van der Waals surface area (Å²) in [5.74, 6) is 0.872. The Labute approximate surface area is 87.9 Å². The molecular weight excluding hydrogens is 192 g/mol. The van der Waals surface area contributed by atoms with Crippen LogP contribution in [0.15, 0.2) is 16.8 Å². The van der Waals surface area contributed by atoms with Crippen LogP contribution >= 0.6 is 0 Å². The molecule has 2 aromatic heterocycles. The van der Waals surface area contributed by atoms with Crippen molar-refractivity contribution in [3.63, 3.8) is 0 Å². The third kappa shape index (κ3) is 1.66. The van der Waals surface area contributed by atoms with Gasteiger partial charge in [0.25, 0.3) is 0 Å². The highest BCUT2D eigenvalue weighted by atomic mass is 16.5. The predicted octanol–water partition coefficient (Wildman–Crippen LogP) is 0.926. The zero-order valence-electron chi connectivity index (χ0n) is 8.90. The van der Waals surface area contributed by atoms with Crippen molar-refractivity contribution in [2.75, 3.05) is 25.0 Å². The van der Waals surface area contributed by atoms with Gasteiger partial charge in [0.2, 0.25) is 0 Å². The van der Waals surface area contributed by atoms with Gasteiger partial charge in [-0.05, 0) is 6.92 Å². The van der Waals surface area contributed by atoms with E-state index >= 15 is 0 Å². The molecule has 0 amide bonds. The van der Waals surface area contributed by atoms with E-state index < -0.39 is 0 Å². The number of hydrogen-bond donors (Lipinski definition) is 1. The third-order valence-electron chi connectivity index (χ3n) is 2.36. The molecule has 0 aliphatic rings. The summed E-state index contributed by atoms with van der Waals surface area (Å²) >= 11 is 0. The van der Waals surface area contributed by atoms with Crippen molar-refractivity contribution in [2.45, 2.75) is 6.92 Å². The molecule has 5 heteroatoms. The second-order valence-corrected chi connectivity index (χ2v) is 3.49. The Morgan fingerprint density at radius 3 is 3.07 bits per heavy atom. The predicted molar refractivity (Wildman–Crippen MR) is 58.9 cm³/mol. The van der Waals surface area contributed by atoms with Crippen molar-refractivity contribution >= 4 is 16.8 Å². The molecule has 2 heterocycles. The highest BCUT2D eigenvalue weighted by Gasteiger charge is 2.12. The van der Waals surface area contributed by atoms with E-state index in [1.807, 2.05) is 24.9 Å². The van der Waals surface area contributed by atoms with Crippen LogP contribution in [0.4, 0.5) is 5.82 Å². The van der Waals surface area contributed by atoms with Gasteiger partial charge in [-0.15, -0.1) is 0 Å². The van der Waals surface area contributed by atoms with E-state index in [4.69, 9.17) is 10.3 Å². The van der Waals surface area contributed by atoms with Crippen molar-refractivity contribution in [2.24, 2.45) is 5.73 Å². The maximum absolute atomic E-state index is 5.52. The monoisotopic (exact) mass is 206 g/mol. The smallest absolute Gasteiger partial charge is 0.172 e. The summed E-state index contributed by atoms with van der Waals surface area (Å²) in [7, 11) is 1.96. The Morgan fingerprint density at radius 1 is 1.53 bits per heavy atom. The van der Waals surface area contributed by atoms with Gasteiger partial charge in [-0.3, -0.25) is 0 Å². The van der Waals surface area contributed by atoms with Gasteiger partial charge in [0.15, 0.2) is 5.58 Å². The van der Waals surface area contributed by atoms with Crippen LogP contribution in [0, 0.1) is 6.92 Å². The Kier molecular flexibility index (Phi) is 2.55. The average Bonchev–Trinajstić information content (AvgIpc) is 2.61. The van der Waals surface area contributed by atoms with Gasteiger partial charge in [0, 0.05) is 32.4 Å². The van der Waals surface area contributed by atoms with Crippen molar-refractivity contribution < 1.29 is 4.52 Å². The second kappa shape index (κ2) is 3.86. The minimum absolute atomic E-state index is 0.596. The number of nitrogens with two attached hydrogens (primary N) is 1. The van der Waals surface area contributed by atoms with Crippen molar-refractivity contribution in [3.05, 3.63) is 18.0 Å². The first kappa shape index (κ1) is 9.92. The van der Waals surface area contributed by atoms with Crippen LogP contribution in [0.25, 0.3) is 11.0 Å². The van der Waals surface area contributed by atoms with E-state index in [0.717, 1.165) is 29.0 Å². The minimum Gasteiger partial charge on any atom is -0.358 e. The molecule has 0 spiro atoms. The van der Waals surface area contributed by atoms with Gasteiger partial charge < -0.3 is 15.2 Å².